The molecule has 1 fully saturated rings. The van der Waals surface area contributed by atoms with Crippen LogP contribution in [0.5, 0.6) is 0 Å². The molecule has 0 bridgehead atoms. The molecule has 1 atom stereocenters. The molecule has 0 saturated carbocycles. The van der Waals surface area contributed by atoms with E-state index in [2.05, 4.69) is 26.9 Å². The Balaban J connectivity index is 1.84. The van der Waals surface area contributed by atoms with Gasteiger partial charge in [0.25, 0.3) is 0 Å². The first-order chi connectivity index (χ1) is 7.84. The average molecular weight is 235 g/mol. The van der Waals surface area contributed by atoms with Crippen LogP contribution in [0.1, 0.15) is 18.5 Å². The number of hydrogen-bond acceptors (Lipinski definition) is 4. The van der Waals surface area contributed by atoms with Crippen molar-refractivity contribution < 1.29 is 5.21 Å². The maximum Gasteiger partial charge on any atom is 0.119 e. The van der Waals surface area contributed by atoms with E-state index in [0.29, 0.717) is 0 Å². The highest BCUT2D eigenvalue weighted by atomic mass is 32.1. The monoisotopic (exact) mass is 235 g/mol. The van der Waals surface area contributed by atoms with Gasteiger partial charge in [0.2, 0.25) is 0 Å². The van der Waals surface area contributed by atoms with E-state index in [1.807, 2.05) is 12.5 Å². The fraction of sp³-hybridized carbons (Fsp3) is 0.364. The lowest BCUT2D eigenvalue weighted by atomic mass is 10.2. The summed E-state index contributed by atoms with van der Waals surface area (Å²) in [6.07, 6.45) is 9.89. The number of imidazole rings is 1. The molecule has 16 heavy (non-hydrogen) atoms. The Labute approximate surface area is 97.4 Å². The van der Waals surface area contributed by atoms with Gasteiger partial charge in [-0.05, 0) is 18.9 Å². The summed E-state index contributed by atoms with van der Waals surface area (Å²) in [5, 5.41) is 13.1. The van der Waals surface area contributed by atoms with Crippen molar-refractivity contribution in [3.8, 4) is 0 Å². The number of hydrogen-bond donors (Lipinski definition) is 1. The van der Waals surface area contributed by atoms with Crippen molar-refractivity contribution in [2.75, 3.05) is 6.54 Å². The summed E-state index contributed by atoms with van der Waals surface area (Å²) in [5.74, 6) is 0. The molecule has 1 aliphatic heterocycles. The predicted octanol–water partition coefficient (Wildman–Crippen LogP) is 2.26. The van der Waals surface area contributed by atoms with Crippen LogP contribution < -0.4 is 0 Å². The molecule has 1 unspecified atom stereocenters. The first-order valence-electron chi connectivity index (χ1n) is 5.38. The first-order valence-corrected chi connectivity index (χ1v) is 6.26. The Hall–Kier alpha value is -1.17. The van der Waals surface area contributed by atoms with Crippen LogP contribution in [0, 0.1) is 0 Å². The summed E-state index contributed by atoms with van der Waals surface area (Å²) in [6.45, 7) is 0.777. The molecule has 1 aliphatic rings. The Kier molecular flexibility index (Phi) is 2.51. The van der Waals surface area contributed by atoms with Crippen LogP contribution in [0.25, 0.3) is 10.9 Å². The SMILES string of the molecule is ON1CCCC1C=Cc1csc2cncn12. The molecule has 1 N–H and O–H groups in total. The van der Waals surface area contributed by atoms with Gasteiger partial charge in [0, 0.05) is 11.9 Å². The topological polar surface area (TPSA) is 40.8 Å². The smallest absolute Gasteiger partial charge is 0.119 e. The molecule has 0 radical (unpaired) electrons. The van der Waals surface area contributed by atoms with Crippen LogP contribution in [-0.2, 0) is 0 Å². The molecule has 0 spiro atoms. The van der Waals surface area contributed by atoms with E-state index in [-0.39, 0.29) is 6.04 Å². The van der Waals surface area contributed by atoms with E-state index in [4.69, 9.17) is 0 Å². The van der Waals surface area contributed by atoms with Crippen molar-refractivity contribution in [1.29, 1.82) is 0 Å². The van der Waals surface area contributed by atoms with Crippen LogP contribution in [0.4, 0.5) is 0 Å². The van der Waals surface area contributed by atoms with E-state index < -0.39 is 0 Å². The Bertz CT molecular complexity index is 516. The van der Waals surface area contributed by atoms with E-state index in [1.165, 1.54) is 5.06 Å². The summed E-state index contributed by atoms with van der Waals surface area (Å²) < 4.78 is 2.05. The number of hydroxylamine groups is 2. The molecule has 3 rings (SSSR count). The average Bonchev–Trinajstić information content (AvgIpc) is 2.92. The number of thiazole rings is 1. The molecule has 4 nitrogen and oxygen atoms in total. The van der Waals surface area contributed by atoms with Crippen molar-refractivity contribution in [1.82, 2.24) is 14.4 Å². The number of rotatable bonds is 2. The van der Waals surface area contributed by atoms with Gasteiger partial charge in [0.05, 0.1) is 17.9 Å². The Morgan fingerprint density at radius 1 is 1.56 bits per heavy atom. The lowest BCUT2D eigenvalue weighted by Gasteiger charge is -2.12. The quantitative estimate of drug-likeness (QED) is 0.868. The highest BCUT2D eigenvalue weighted by molar-refractivity contribution is 7.15. The zero-order valence-corrected chi connectivity index (χ0v) is 9.60. The zero-order valence-electron chi connectivity index (χ0n) is 8.78. The van der Waals surface area contributed by atoms with E-state index >= 15 is 0 Å². The second kappa shape index (κ2) is 4.01. The maximum atomic E-state index is 9.56. The summed E-state index contributed by atoms with van der Waals surface area (Å²) in [4.78, 5) is 5.24. The van der Waals surface area contributed by atoms with Gasteiger partial charge >= 0.3 is 0 Å². The maximum absolute atomic E-state index is 9.56. The number of nitrogens with zero attached hydrogens (tertiary/aromatic N) is 3. The summed E-state index contributed by atoms with van der Waals surface area (Å²) in [7, 11) is 0. The predicted molar refractivity (Wildman–Crippen MR) is 63.6 cm³/mol. The summed E-state index contributed by atoms with van der Waals surface area (Å²) in [6, 6.07) is 0.165. The minimum absolute atomic E-state index is 0.165. The normalized spacial score (nSPS) is 22.7. The van der Waals surface area contributed by atoms with Gasteiger partial charge in [-0.3, -0.25) is 4.40 Å². The molecule has 5 heteroatoms. The van der Waals surface area contributed by atoms with Crippen LogP contribution in [0.3, 0.4) is 0 Å². The number of aromatic nitrogens is 2. The second-order valence-electron chi connectivity index (χ2n) is 3.99. The zero-order chi connectivity index (χ0) is 11.0. The summed E-state index contributed by atoms with van der Waals surface area (Å²) >= 11 is 1.68. The standard InChI is InChI=1S/C11H13N3OS/c15-14-5-1-2-9(14)3-4-10-7-16-11-6-12-8-13(10)11/h3-4,6-9,15H,1-2,5H2. The van der Waals surface area contributed by atoms with Crippen LogP contribution in [0.2, 0.25) is 0 Å². The Morgan fingerprint density at radius 3 is 3.31 bits per heavy atom. The minimum atomic E-state index is 0.165. The highest BCUT2D eigenvalue weighted by Crippen LogP contribution is 2.20. The van der Waals surface area contributed by atoms with Crippen LogP contribution >= 0.6 is 11.3 Å². The Morgan fingerprint density at radius 2 is 2.50 bits per heavy atom. The number of fused-ring (bicyclic) bond motifs is 1. The van der Waals surface area contributed by atoms with Gasteiger partial charge in [-0.25, -0.2) is 4.98 Å². The second-order valence-corrected chi connectivity index (χ2v) is 4.88. The molecular weight excluding hydrogens is 222 g/mol. The van der Waals surface area contributed by atoms with Gasteiger partial charge in [0.1, 0.15) is 11.2 Å². The first kappa shape index (κ1) is 10.0. The molecule has 2 aromatic rings. The van der Waals surface area contributed by atoms with E-state index in [0.717, 1.165) is 29.9 Å². The highest BCUT2D eigenvalue weighted by Gasteiger charge is 2.19. The third-order valence-electron chi connectivity index (χ3n) is 2.94. The summed E-state index contributed by atoms with van der Waals surface area (Å²) in [5.41, 5.74) is 1.12. The molecule has 1 saturated heterocycles. The van der Waals surface area contributed by atoms with E-state index in [1.54, 1.807) is 11.3 Å². The van der Waals surface area contributed by atoms with Crippen molar-refractivity contribution in [2.24, 2.45) is 0 Å². The van der Waals surface area contributed by atoms with Crippen molar-refractivity contribution >= 4 is 22.2 Å². The van der Waals surface area contributed by atoms with Crippen molar-refractivity contribution in [3.05, 3.63) is 29.7 Å². The van der Waals surface area contributed by atoms with Gasteiger partial charge in [-0.2, -0.15) is 5.06 Å². The molecule has 3 heterocycles. The lowest BCUT2D eigenvalue weighted by Crippen LogP contribution is -2.23. The van der Waals surface area contributed by atoms with Crippen LogP contribution in [0.15, 0.2) is 24.0 Å². The molecule has 2 aromatic heterocycles. The lowest BCUT2D eigenvalue weighted by molar-refractivity contribution is -0.0890. The van der Waals surface area contributed by atoms with Gasteiger partial charge < -0.3 is 5.21 Å². The molecular formula is C11H13N3OS. The molecule has 0 aliphatic carbocycles. The molecule has 84 valence electrons. The van der Waals surface area contributed by atoms with Gasteiger partial charge in [0.15, 0.2) is 0 Å². The van der Waals surface area contributed by atoms with E-state index in [9.17, 15) is 5.21 Å². The minimum Gasteiger partial charge on any atom is -0.313 e. The van der Waals surface area contributed by atoms with Crippen LogP contribution in [-0.4, -0.2) is 32.2 Å². The largest absolute Gasteiger partial charge is 0.313 e. The van der Waals surface area contributed by atoms with Gasteiger partial charge in [-0.1, -0.05) is 6.08 Å². The third kappa shape index (κ3) is 1.67. The fourth-order valence-electron chi connectivity index (χ4n) is 2.04. The fourth-order valence-corrected chi connectivity index (χ4v) is 2.87. The van der Waals surface area contributed by atoms with Crippen molar-refractivity contribution in [3.63, 3.8) is 0 Å². The molecule has 0 amide bonds. The molecule has 0 aromatic carbocycles. The van der Waals surface area contributed by atoms with Gasteiger partial charge in [-0.15, -0.1) is 11.3 Å². The third-order valence-corrected chi connectivity index (χ3v) is 3.85. The van der Waals surface area contributed by atoms with Crippen molar-refractivity contribution in [2.45, 2.75) is 18.9 Å².